The second-order valence-corrected chi connectivity index (χ2v) is 6.76. The van der Waals surface area contributed by atoms with Gasteiger partial charge in [0.25, 0.3) is 0 Å². The second-order valence-electron chi connectivity index (χ2n) is 4.26. The van der Waals surface area contributed by atoms with Crippen molar-refractivity contribution in [3.63, 3.8) is 0 Å². The van der Waals surface area contributed by atoms with E-state index >= 15 is 0 Å². The quantitative estimate of drug-likeness (QED) is 0.763. The first-order valence-electron chi connectivity index (χ1n) is 6.09. The standard InChI is InChI=1S/C14H11ClN2OS2/c15-9-3-5-11-12(8-9)20-14(16-11)17-13(18)6-4-10-2-1-7-19-10/h1-3,5,7-8H,4,6H2,(H,16,17,18). The van der Waals surface area contributed by atoms with Gasteiger partial charge in [-0.1, -0.05) is 29.0 Å². The van der Waals surface area contributed by atoms with Crippen molar-refractivity contribution in [1.29, 1.82) is 0 Å². The number of carbonyl (C=O) groups is 1. The summed E-state index contributed by atoms with van der Waals surface area (Å²) in [4.78, 5) is 17.5. The van der Waals surface area contributed by atoms with Crippen LogP contribution in [0.15, 0.2) is 35.7 Å². The van der Waals surface area contributed by atoms with Crippen LogP contribution in [0.25, 0.3) is 10.2 Å². The van der Waals surface area contributed by atoms with Gasteiger partial charge in [-0.05, 0) is 36.1 Å². The molecule has 6 heteroatoms. The molecule has 0 fully saturated rings. The van der Waals surface area contributed by atoms with Crippen LogP contribution < -0.4 is 5.32 Å². The highest BCUT2D eigenvalue weighted by molar-refractivity contribution is 7.22. The SMILES string of the molecule is O=C(CCc1cccs1)Nc1nc2ccc(Cl)cc2s1. The molecule has 3 rings (SSSR count). The van der Waals surface area contributed by atoms with Crippen molar-refractivity contribution < 1.29 is 4.79 Å². The van der Waals surface area contributed by atoms with E-state index in [2.05, 4.69) is 10.3 Å². The normalized spacial score (nSPS) is 10.8. The third kappa shape index (κ3) is 3.17. The largest absolute Gasteiger partial charge is 0.302 e. The molecule has 1 N–H and O–H groups in total. The lowest BCUT2D eigenvalue weighted by molar-refractivity contribution is -0.116. The zero-order chi connectivity index (χ0) is 13.9. The Balaban J connectivity index is 1.65. The minimum absolute atomic E-state index is 0.0106. The van der Waals surface area contributed by atoms with Crippen LogP contribution >= 0.6 is 34.3 Å². The molecule has 0 bridgehead atoms. The van der Waals surface area contributed by atoms with Gasteiger partial charge in [0.05, 0.1) is 10.2 Å². The van der Waals surface area contributed by atoms with Gasteiger partial charge in [-0.3, -0.25) is 4.79 Å². The second kappa shape index (κ2) is 5.91. The Morgan fingerprint density at radius 3 is 3.05 bits per heavy atom. The number of carbonyl (C=O) groups excluding carboxylic acids is 1. The number of rotatable bonds is 4. The first-order chi connectivity index (χ1) is 9.70. The smallest absolute Gasteiger partial charge is 0.226 e. The van der Waals surface area contributed by atoms with E-state index in [4.69, 9.17) is 11.6 Å². The van der Waals surface area contributed by atoms with E-state index in [1.807, 2.05) is 29.6 Å². The number of nitrogens with zero attached hydrogens (tertiary/aromatic N) is 1. The summed E-state index contributed by atoms with van der Waals surface area (Å²) in [6, 6.07) is 9.55. The number of aromatic nitrogens is 1. The number of amides is 1. The van der Waals surface area contributed by atoms with E-state index in [0.29, 0.717) is 16.6 Å². The molecule has 1 aromatic carbocycles. The fourth-order valence-corrected chi connectivity index (χ4v) is 3.69. The van der Waals surface area contributed by atoms with Gasteiger partial charge in [0.15, 0.2) is 5.13 Å². The number of anilines is 1. The minimum atomic E-state index is -0.0106. The van der Waals surface area contributed by atoms with Gasteiger partial charge >= 0.3 is 0 Å². The first kappa shape index (κ1) is 13.5. The lowest BCUT2D eigenvalue weighted by Gasteiger charge is -1.99. The third-order valence-corrected chi connectivity index (χ3v) is 4.88. The van der Waals surface area contributed by atoms with Crippen LogP contribution in [0.3, 0.4) is 0 Å². The molecule has 2 heterocycles. The lowest BCUT2D eigenvalue weighted by Crippen LogP contribution is -2.11. The molecule has 102 valence electrons. The van der Waals surface area contributed by atoms with Crippen LogP contribution in [0, 0.1) is 0 Å². The molecule has 0 radical (unpaired) electrons. The van der Waals surface area contributed by atoms with E-state index in [1.54, 1.807) is 17.4 Å². The fourth-order valence-electron chi connectivity index (χ4n) is 1.83. The summed E-state index contributed by atoms with van der Waals surface area (Å²) in [6.45, 7) is 0. The van der Waals surface area contributed by atoms with E-state index in [-0.39, 0.29) is 5.91 Å². The topological polar surface area (TPSA) is 42.0 Å². The molecule has 0 aliphatic carbocycles. The van der Waals surface area contributed by atoms with Crippen LogP contribution in [0.2, 0.25) is 5.02 Å². The number of hydrogen-bond acceptors (Lipinski definition) is 4. The van der Waals surface area contributed by atoms with E-state index < -0.39 is 0 Å². The molecule has 0 spiro atoms. The van der Waals surface area contributed by atoms with Crippen molar-refractivity contribution in [3.05, 3.63) is 45.6 Å². The summed E-state index contributed by atoms with van der Waals surface area (Å²) < 4.78 is 0.978. The van der Waals surface area contributed by atoms with Crippen molar-refractivity contribution in [2.75, 3.05) is 5.32 Å². The number of benzene rings is 1. The molecule has 0 unspecified atom stereocenters. The Morgan fingerprint density at radius 1 is 1.35 bits per heavy atom. The number of thiazole rings is 1. The van der Waals surface area contributed by atoms with Gasteiger partial charge in [-0.15, -0.1) is 11.3 Å². The maximum Gasteiger partial charge on any atom is 0.226 e. The van der Waals surface area contributed by atoms with E-state index in [0.717, 1.165) is 16.6 Å². The molecule has 0 saturated carbocycles. The average Bonchev–Trinajstić information content (AvgIpc) is 3.04. The molecule has 0 aliphatic rings. The van der Waals surface area contributed by atoms with Crippen molar-refractivity contribution in [2.24, 2.45) is 0 Å². The highest BCUT2D eigenvalue weighted by Gasteiger charge is 2.08. The fraction of sp³-hybridized carbons (Fsp3) is 0.143. The lowest BCUT2D eigenvalue weighted by atomic mass is 10.2. The first-order valence-corrected chi connectivity index (χ1v) is 8.16. The number of halogens is 1. The van der Waals surface area contributed by atoms with Gasteiger partial charge in [0.1, 0.15) is 0 Å². The van der Waals surface area contributed by atoms with Crippen LogP contribution in [-0.2, 0) is 11.2 Å². The van der Waals surface area contributed by atoms with Crippen LogP contribution in [0.4, 0.5) is 5.13 Å². The Labute approximate surface area is 129 Å². The Kier molecular flexibility index (Phi) is 4.00. The zero-order valence-electron chi connectivity index (χ0n) is 10.4. The average molecular weight is 323 g/mol. The molecule has 3 aromatic rings. The van der Waals surface area contributed by atoms with Gasteiger partial charge in [0, 0.05) is 16.3 Å². The summed E-state index contributed by atoms with van der Waals surface area (Å²) >= 11 is 9.04. The predicted molar refractivity (Wildman–Crippen MR) is 85.9 cm³/mol. The maximum atomic E-state index is 11.9. The zero-order valence-corrected chi connectivity index (χ0v) is 12.8. The van der Waals surface area contributed by atoms with Gasteiger partial charge in [-0.2, -0.15) is 0 Å². The number of hydrogen-bond donors (Lipinski definition) is 1. The molecule has 20 heavy (non-hydrogen) atoms. The number of nitrogens with one attached hydrogen (secondary N) is 1. The van der Waals surface area contributed by atoms with E-state index in [1.165, 1.54) is 16.2 Å². The van der Waals surface area contributed by atoms with Gasteiger partial charge in [-0.25, -0.2) is 4.98 Å². The maximum absolute atomic E-state index is 11.9. The minimum Gasteiger partial charge on any atom is -0.302 e. The van der Waals surface area contributed by atoms with Crippen LogP contribution in [-0.4, -0.2) is 10.9 Å². The number of thiophene rings is 1. The highest BCUT2D eigenvalue weighted by Crippen LogP contribution is 2.28. The van der Waals surface area contributed by atoms with Gasteiger partial charge in [0.2, 0.25) is 5.91 Å². The summed E-state index contributed by atoms with van der Waals surface area (Å²) in [5.41, 5.74) is 0.855. The Morgan fingerprint density at radius 2 is 2.25 bits per heavy atom. The van der Waals surface area contributed by atoms with E-state index in [9.17, 15) is 4.79 Å². The summed E-state index contributed by atoms with van der Waals surface area (Å²) in [7, 11) is 0. The monoisotopic (exact) mass is 322 g/mol. The number of aryl methyl sites for hydroxylation is 1. The summed E-state index contributed by atoms with van der Waals surface area (Å²) in [6.07, 6.45) is 1.23. The summed E-state index contributed by atoms with van der Waals surface area (Å²) in [5.74, 6) is -0.0106. The van der Waals surface area contributed by atoms with Crippen LogP contribution in [0.1, 0.15) is 11.3 Å². The van der Waals surface area contributed by atoms with Gasteiger partial charge < -0.3 is 5.32 Å². The molecular formula is C14H11ClN2OS2. The molecular weight excluding hydrogens is 312 g/mol. The molecule has 1 amide bonds. The highest BCUT2D eigenvalue weighted by atomic mass is 35.5. The predicted octanol–water partition coefficient (Wildman–Crippen LogP) is 4.58. The van der Waals surface area contributed by atoms with Crippen LogP contribution in [0.5, 0.6) is 0 Å². The molecule has 3 nitrogen and oxygen atoms in total. The number of fused-ring (bicyclic) bond motifs is 1. The van der Waals surface area contributed by atoms with Crippen molar-refractivity contribution in [2.45, 2.75) is 12.8 Å². The van der Waals surface area contributed by atoms with Crippen molar-refractivity contribution in [3.8, 4) is 0 Å². The van der Waals surface area contributed by atoms with Crippen molar-refractivity contribution >= 4 is 55.5 Å². The molecule has 0 saturated heterocycles. The summed E-state index contributed by atoms with van der Waals surface area (Å²) in [5, 5.41) is 6.16. The Bertz CT molecular complexity index is 737. The molecule has 0 atom stereocenters. The molecule has 2 aromatic heterocycles. The Hall–Kier alpha value is -1.43. The third-order valence-electron chi connectivity index (χ3n) is 2.78. The molecule has 0 aliphatic heterocycles. The van der Waals surface area contributed by atoms with Crippen molar-refractivity contribution in [1.82, 2.24) is 4.98 Å².